The predicted octanol–water partition coefficient (Wildman–Crippen LogP) is 3.74. The van der Waals surface area contributed by atoms with E-state index in [2.05, 4.69) is 5.32 Å². The standard InChI is InChI=1S/C20H21FN2O3/c1-13(2)9-19(24)22-16-7-8-18-17(10-16)23(20(25)12-26-18)11-14-3-5-15(21)6-4-14/h3-8,10,13H,9,11-12H2,1-2H3,(H,22,24). The number of nitrogens with one attached hydrogen (secondary N) is 1. The van der Waals surface area contributed by atoms with Crippen LogP contribution in [0.3, 0.4) is 0 Å². The molecule has 5 nitrogen and oxygen atoms in total. The molecule has 136 valence electrons. The smallest absolute Gasteiger partial charge is 0.265 e. The SMILES string of the molecule is CC(C)CC(=O)Nc1ccc2c(c1)N(Cc1ccc(F)cc1)C(=O)CO2. The van der Waals surface area contributed by atoms with Gasteiger partial charge in [-0.2, -0.15) is 0 Å². The van der Waals surface area contributed by atoms with Crippen molar-refractivity contribution in [3.8, 4) is 5.75 Å². The second kappa shape index (κ2) is 7.56. The zero-order valence-corrected chi connectivity index (χ0v) is 14.8. The normalized spacial score (nSPS) is 13.4. The largest absolute Gasteiger partial charge is 0.482 e. The summed E-state index contributed by atoms with van der Waals surface area (Å²) in [5, 5.41) is 2.85. The first-order chi connectivity index (χ1) is 12.4. The molecule has 2 aromatic carbocycles. The fraction of sp³-hybridized carbons (Fsp3) is 0.300. The third-order valence-electron chi connectivity index (χ3n) is 4.03. The van der Waals surface area contributed by atoms with Crippen LogP contribution in [0, 0.1) is 11.7 Å². The van der Waals surface area contributed by atoms with Crippen molar-refractivity contribution in [1.82, 2.24) is 0 Å². The molecule has 0 saturated heterocycles. The Morgan fingerprint density at radius 3 is 2.65 bits per heavy atom. The summed E-state index contributed by atoms with van der Waals surface area (Å²) >= 11 is 0. The van der Waals surface area contributed by atoms with Crippen LogP contribution in [0.2, 0.25) is 0 Å². The quantitative estimate of drug-likeness (QED) is 0.888. The summed E-state index contributed by atoms with van der Waals surface area (Å²) < 4.78 is 18.6. The second-order valence-electron chi connectivity index (χ2n) is 6.72. The zero-order chi connectivity index (χ0) is 18.7. The van der Waals surface area contributed by atoms with Gasteiger partial charge in [0.25, 0.3) is 5.91 Å². The van der Waals surface area contributed by atoms with Crippen molar-refractivity contribution in [2.24, 2.45) is 5.92 Å². The third-order valence-corrected chi connectivity index (χ3v) is 4.03. The van der Waals surface area contributed by atoms with E-state index in [1.54, 1.807) is 35.2 Å². The first kappa shape index (κ1) is 17.9. The van der Waals surface area contributed by atoms with E-state index >= 15 is 0 Å². The molecule has 0 atom stereocenters. The molecule has 0 aromatic heterocycles. The Labute approximate surface area is 151 Å². The summed E-state index contributed by atoms with van der Waals surface area (Å²) in [6, 6.07) is 11.2. The number of hydrogen-bond donors (Lipinski definition) is 1. The lowest BCUT2D eigenvalue weighted by molar-refractivity contribution is -0.121. The molecule has 0 radical (unpaired) electrons. The van der Waals surface area contributed by atoms with Crippen molar-refractivity contribution in [2.75, 3.05) is 16.8 Å². The Morgan fingerprint density at radius 1 is 1.23 bits per heavy atom. The van der Waals surface area contributed by atoms with Gasteiger partial charge in [0.05, 0.1) is 12.2 Å². The van der Waals surface area contributed by atoms with E-state index in [0.29, 0.717) is 30.1 Å². The minimum absolute atomic E-state index is 0.0484. The van der Waals surface area contributed by atoms with Crippen LogP contribution in [0.25, 0.3) is 0 Å². The molecule has 6 heteroatoms. The number of anilines is 2. The molecule has 3 rings (SSSR count). The maximum Gasteiger partial charge on any atom is 0.265 e. The summed E-state index contributed by atoms with van der Waals surface area (Å²) in [5.41, 5.74) is 2.01. The fourth-order valence-electron chi connectivity index (χ4n) is 2.81. The van der Waals surface area contributed by atoms with Crippen LogP contribution < -0.4 is 15.0 Å². The van der Waals surface area contributed by atoms with Crippen LogP contribution in [-0.4, -0.2) is 18.4 Å². The van der Waals surface area contributed by atoms with Gasteiger partial charge in [-0.15, -0.1) is 0 Å². The number of carbonyl (C=O) groups is 2. The van der Waals surface area contributed by atoms with Crippen LogP contribution in [-0.2, 0) is 16.1 Å². The van der Waals surface area contributed by atoms with Crippen molar-refractivity contribution in [3.05, 3.63) is 53.8 Å². The number of ether oxygens (including phenoxy) is 1. The van der Waals surface area contributed by atoms with Gasteiger partial charge in [0.1, 0.15) is 11.6 Å². The van der Waals surface area contributed by atoms with E-state index in [-0.39, 0.29) is 30.2 Å². The van der Waals surface area contributed by atoms with Gasteiger partial charge >= 0.3 is 0 Å². The Morgan fingerprint density at radius 2 is 1.96 bits per heavy atom. The zero-order valence-electron chi connectivity index (χ0n) is 14.8. The van der Waals surface area contributed by atoms with Crippen LogP contribution in [0.15, 0.2) is 42.5 Å². The lowest BCUT2D eigenvalue weighted by atomic mass is 10.1. The summed E-state index contributed by atoms with van der Waals surface area (Å²) in [6.45, 7) is 4.21. The molecular formula is C20H21FN2O3. The van der Waals surface area contributed by atoms with E-state index in [4.69, 9.17) is 4.74 Å². The molecule has 1 aliphatic rings. The minimum atomic E-state index is -0.322. The molecule has 0 unspecified atom stereocenters. The highest BCUT2D eigenvalue weighted by Gasteiger charge is 2.26. The molecule has 0 fully saturated rings. The number of carbonyl (C=O) groups excluding carboxylic acids is 2. The van der Waals surface area contributed by atoms with Gasteiger partial charge in [-0.25, -0.2) is 4.39 Å². The number of fused-ring (bicyclic) bond motifs is 1. The Hall–Kier alpha value is -2.89. The lowest BCUT2D eigenvalue weighted by Crippen LogP contribution is -2.38. The number of hydrogen-bond acceptors (Lipinski definition) is 3. The van der Waals surface area contributed by atoms with Gasteiger partial charge < -0.3 is 15.0 Å². The first-order valence-corrected chi connectivity index (χ1v) is 8.54. The molecule has 2 aromatic rings. The molecular weight excluding hydrogens is 335 g/mol. The van der Waals surface area contributed by atoms with Crippen LogP contribution in [0.5, 0.6) is 5.75 Å². The van der Waals surface area contributed by atoms with Gasteiger partial charge in [-0.1, -0.05) is 26.0 Å². The van der Waals surface area contributed by atoms with Gasteiger partial charge in [-0.3, -0.25) is 9.59 Å². The van der Waals surface area contributed by atoms with Gasteiger partial charge in [-0.05, 0) is 41.8 Å². The van der Waals surface area contributed by atoms with Crippen molar-refractivity contribution >= 4 is 23.2 Å². The number of amides is 2. The molecule has 1 aliphatic heterocycles. The highest BCUT2D eigenvalue weighted by Crippen LogP contribution is 2.35. The molecule has 26 heavy (non-hydrogen) atoms. The maximum absolute atomic E-state index is 13.1. The molecule has 0 bridgehead atoms. The van der Waals surface area contributed by atoms with Crippen molar-refractivity contribution < 1.29 is 18.7 Å². The molecule has 1 N–H and O–H groups in total. The van der Waals surface area contributed by atoms with Crippen LogP contribution in [0.1, 0.15) is 25.8 Å². The Bertz CT molecular complexity index is 818. The molecule has 1 heterocycles. The molecule has 0 saturated carbocycles. The number of nitrogens with zero attached hydrogens (tertiary/aromatic N) is 1. The molecule has 0 spiro atoms. The minimum Gasteiger partial charge on any atom is -0.482 e. The highest BCUT2D eigenvalue weighted by atomic mass is 19.1. The lowest BCUT2D eigenvalue weighted by Gasteiger charge is -2.30. The van der Waals surface area contributed by atoms with Crippen LogP contribution in [0.4, 0.5) is 15.8 Å². The van der Waals surface area contributed by atoms with Gasteiger partial charge in [0.15, 0.2) is 6.61 Å². The van der Waals surface area contributed by atoms with E-state index < -0.39 is 0 Å². The molecule has 2 amide bonds. The van der Waals surface area contributed by atoms with E-state index in [0.717, 1.165) is 5.56 Å². The molecule has 0 aliphatic carbocycles. The number of rotatable bonds is 5. The Balaban J connectivity index is 1.84. The first-order valence-electron chi connectivity index (χ1n) is 8.54. The number of halogens is 1. The maximum atomic E-state index is 13.1. The number of benzene rings is 2. The van der Waals surface area contributed by atoms with Crippen molar-refractivity contribution in [1.29, 1.82) is 0 Å². The van der Waals surface area contributed by atoms with E-state index in [1.807, 2.05) is 13.8 Å². The highest BCUT2D eigenvalue weighted by molar-refractivity contribution is 5.99. The summed E-state index contributed by atoms with van der Waals surface area (Å²) in [7, 11) is 0. The van der Waals surface area contributed by atoms with Gasteiger partial charge in [0.2, 0.25) is 5.91 Å². The Kier molecular flexibility index (Phi) is 5.21. The van der Waals surface area contributed by atoms with Gasteiger partial charge in [0, 0.05) is 12.1 Å². The predicted molar refractivity (Wildman–Crippen MR) is 97.6 cm³/mol. The van der Waals surface area contributed by atoms with Crippen molar-refractivity contribution in [2.45, 2.75) is 26.8 Å². The monoisotopic (exact) mass is 356 g/mol. The average Bonchev–Trinajstić information content (AvgIpc) is 2.58. The van der Waals surface area contributed by atoms with Crippen LogP contribution >= 0.6 is 0 Å². The third kappa shape index (κ3) is 4.20. The second-order valence-corrected chi connectivity index (χ2v) is 6.72. The van der Waals surface area contributed by atoms with E-state index in [1.165, 1.54) is 12.1 Å². The fourth-order valence-corrected chi connectivity index (χ4v) is 2.81. The summed E-state index contributed by atoms with van der Waals surface area (Å²) in [6.07, 6.45) is 0.422. The van der Waals surface area contributed by atoms with Crippen molar-refractivity contribution in [3.63, 3.8) is 0 Å². The summed E-state index contributed by atoms with van der Waals surface area (Å²) in [5.74, 6) is 0.249. The average molecular weight is 356 g/mol. The topological polar surface area (TPSA) is 58.6 Å². The van der Waals surface area contributed by atoms with E-state index in [9.17, 15) is 14.0 Å². The summed E-state index contributed by atoms with van der Waals surface area (Å²) in [4.78, 5) is 25.9.